The SMILES string of the molecule is CCOC(=O)C[C@H]1C(=O)NCCN1Cc1ccc2ccccc2c1. The van der Waals surface area contributed by atoms with Gasteiger partial charge in [-0.2, -0.15) is 0 Å². The summed E-state index contributed by atoms with van der Waals surface area (Å²) < 4.78 is 5.00. The van der Waals surface area contributed by atoms with E-state index in [1.54, 1.807) is 6.92 Å². The molecule has 1 aliphatic heterocycles. The Morgan fingerprint density at radius 3 is 2.83 bits per heavy atom. The van der Waals surface area contributed by atoms with Crippen molar-refractivity contribution in [3.8, 4) is 0 Å². The molecule has 0 aliphatic carbocycles. The van der Waals surface area contributed by atoms with Crippen molar-refractivity contribution in [3.05, 3.63) is 48.0 Å². The van der Waals surface area contributed by atoms with Gasteiger partial charge >= 0.3 is 5.97 Å². The van der Waals surface area contributed by atoms with Crippen molar-refractivity contribution in [2.45, 2.75) is 25.9 Å². The van der Waals surface area contributed by atoms with Crippen LogP contribution in [0.15, 0.2) is 42.5 Å². The number of ether oxygens (including phenoxy) is 1. The summed E-state index contributed by atoms with van der Waals surface area (Å²) >= 11 is 0. The van der Waals surface area contributed by atoms with Crippen LogP contribution in [-0.2, 0) is 20.9 Å². The van der Waals surface area contributed by atoms with Crippen LogP contribution in [0.4, 0.5) is 0 Å². The predicted octanol–water partition coefficient (Wildman–Crippen LogP) is 2.09. The standard InChI is InChI=1S/C19H22N2O3/c1-2-24-18(22)12-17-19(23)20-9-10-21(17)13-14-7-8-15-5-3-4-6-16(15)11-14/h3-8,11,17H,2,9-10,12-13H2,1H3,(H,20,23)/t17-/m0/s1. The van der Waals surface area contributed by atoms with Gasteiger partial charge in [0.2, 0.25) is 5.91 Å². The normalized spacial score (nSPS) is 18.4. The quantitative estimate of drug-likeness (QED) is 0.855. The number of nitrogens with one attached hydrogen (secondary N) is 1. The average Bonchev–Trinajstić information content (AvgIpc) is 2.58. The number of carbonyl (C=O) groups excluding carboxylic acids is 2. The second-order valence-corrected chi connectivity index (χ2v) is 5.97. The van der Waals surface area contributed by atoms with Crippen LogP contribution in [0.25, 0.3) is 10.8 Å². The van der Waals surface area contributed by atoms with Gasteiger partial charge in [0.15, 0.2) is 0 Å². The second-order valence-electron chi connectivity index (χ2n) is 5.97. The van der Waals surface area contributed by atoms with E-state index in [2.05, 4.69) is 40.5 Å². The lowest BCUT2D eigenvalue weighted by atomic mass is 10.0. The molecule has 5 heteroatoms. The highest BCUT2D eigenvalue weighted by atomic mass is 16.5. The van der Waals surface area contributed by atoms with Crippen molar-refractivity contribution in [3.63, 3.8) is 0 Å². The Bertz CT molecular complexity index is 744. The summed E-state index contributed by atoms with van der Waals surface area (Å²) in [6, 6.07) is 14.0. The summed E-state index contributed by atoms with van der Waals surface area (Å²) in [6.45, 7) is 4.07. The fourth-order valence-corrected chi connectivity index (χ4v) is 3.12. The first-order valence-corrected chi connectivity index (χ1v) is 8.32. The van der Waals surface area contributed by atoms with E-state index in [0.29, 0.717) is 19.7 Å². The molecule has 0 radical (unpaired) electrons. The third kappa shape index (κ3) is 3.74. The van der Waals surface area contributed by atoms with E-state index in [-0.39, 0.29) is 18.3 Å². The maximum atomic E-state index is 12.2. The van der Waals surface area contributed by atoms with Gasteiger partial charge in [-0.3, -0.25) is 14.5 Å². The number of hydrogen-bond acceptors (Lipinski definition) is 4. The fourth-order valence-electron chi connectivity index (χ4n) is 3.12. The lowest BCUT2D eigenvalue weighted by Crippen LogP contribution is -2.55. The van der Waals surface area contributed by atoms with Gasteiger partial charge in [0.1, 0.15) is 6.04 Å². The van der Waals surface area contributed by atoms with Gasteiger partial charge in [0, 0.05) is 19.6 Å². The van der Waals surface area contributed by atoms with E-state index < -0.39 is 6.04 Å². The van der Waals surface area contributed by atoms with Crippen LogP contribution in [0.3, 0.4) is 0 Å². The smallest absolute Gasteiger partial charge is 0.307 e. The largest absolute Gasteiger partial charge is 0.466 e. The molecule has 1 amide bonds. The molecule has 0 saturated carbocycles. The molecule has 0 bridgehead atoms. The van der Waals surface area contributed by atoms with Crippen molar-refractivity contribution in [2.75, 3.05) is 19.7 Å². The maximum absolute atomic E-state index is 12.2. The summed E-state index contributed by atoms with van der Waals surface area (Å²) in [6.07, 6.45) is 0.0905. The molecule has 24 heavy (non-hydrogen) atoms. The molecule has 1 fully saturated rings. The molecule has 1 saturated heterocycles. The zero-order valence-corrected chi connectivity index (χ0v) is 13.8. The number of rotatable bonds is 5. The summed E-state index contributed by atoms with van der Waals surface area (Å²) in [4.78, 5) is 26.0. The van der Waals surface area contributed by atoms with Crippen LogP contribution in [0.1, 0.15) is 18.9 Å². The maximum Gasteiger partial charge on any atom is 0.307 e. The van der Waals surface area contributed by atoms with Gasteiger partial charge in [-0.1, -0.05) is 36.4 Å². The van der Waals surface area contributed by atoms with Crippen molar-refractivity contribution >= 4 is 22.6 Å². The molecule has 1 heterocycles. The molecular formula is C19H22N2O3. The third-order valence-electron chi connectivity index (χ3n) is 4.31. The first kappa shape index (κ1) is 16.5. The molecule has 0 aromatic heterocycles. The first-order chi connectivity index (χ1) is 11.7. The van der Waals surface area contributed by atoms with Crippen molar-refractivity contribution < 1.29 is 14.3 Å². The van der Waals surface area contributed by atoms with Gasteiger partial charge in [-0.15, -0.1) is 0 Å². The molecule has 0 spiro atoms. The number of piperazine rings is 1. The zero-order chi connectivity index (χ0) is 16.9. The highest BCUT2D eigenvalue weighted by molar-refractivity contribution is 5.87. The molecule has 5 nitrogen and oxygen atoms in total. The van der Waals surface area contributed by atoms with Crippen LogP contribution in [0.2, 0.25) is 0 Å². The summed E-state index contributed by atoms with van der Waals surface area (Å²) in [5.41, 5.74) is 1.14. The van der Waals surface area contributed by atoms with Crippen molar-refractivity contribution in [1.82, 2.24) is 10.2 Å². The Morgan fingerprint density at radius 2 is 2.04 bits per heavy atom. The van der Waals surface area contributed by atoms with Crippen molar-refractivity contribution in [1.29, 1.82) is 0 Å². The lowest BCUT2D eigenvalue weighted by molar-refractivity contribution is -0.148. The summed E-state index contributed by atoms with van der Waals surface area (Å²) in [7, 11) is 0. The van der Waals surface area contributed by atoms with E-state index >= 15 is 0 Å². The van der Waals surface area contributed by atoms with E-state index in [0.717, 1.165) is 12.1 Å². The van der Waals surface area contributed by atoms with Gasteiger partial charge < -0.3 is 10.1 Å². The number of benzene rings is 2. The molecule has 1 aliphatic rings. The Hall–Kier alpha value is -2.40. The summed E-state index contributed by atoms with van der Waals surface area (Å²) in [5, 5.41) is 5.21. The molecule has 3 rings (SSSR count). The Balaban J connectivity index is 1.76. The minimum atomic E-state index is -0.468. The number of fused-ring (bicyclic) bond motifs is 1. The van der Waals surface area contributed by atoms with Gasteiger partial charge in [0.05, 0.1) is 13.0 Å². The second kappa shape index (κ2) is 7.45. The molecule has 2 aromatic carbocycles. The Labute approximate surface area is 141 Å². The molecule has 1 atom stereocenters. The molecule has 126 valence electrons. The first-order valence-electron chi connectivity index (χ1n) is 8.32. The highest BCUT2D eigenvalue weighted by Crippen LogP contribution is 2.19. The number of carbonyl (C=O) groups is 2. The van der Waals surface area contributed by atoms with Crippen LogP contribution in [0.5, 0.6) is 0 Å². The average molecular weight is 326 g/mol. The van der Waals surface area contributed by atoms with Gasteiger partial charge in [0.25, 0.3) is 0 Å². The van der Waals surface area contributed by atoms with E-state index in [9.17, 15) is 9.59 Å². The number of hydrogen-bond donors (Lipinski definition) is 1. The minimum Gasteiger partial charge on any atom is -0.466 e. The van der Waals surface area contributed by atoms with Crippen LogP contribution < -0.4 is 5.32 Å². The number of nitrogens with zero attached hydrogens (tertiary/aromatic N) is 1. The summed E-state index contributed by atoms with van der Waals surface area (Å²) in [5.74, 6) is -0.432. The van der Waals surface area contributed by atoms with Crippen LogP contribution in [-0.4, -0.2) is 42.5 Å². The molecular weight excluding hydrogens is 304 g/mol. The Morgan fingerprint density at radius 1 is 1.25 bits per heavy atom. The van der Waals surface area contributed by atoms with Gasteiger partial charge in [-0.25, -0.2) is 0 Å². The molecule has 0 unspecified atom stereocenters. The van der Waals surface area contributed by atoms with Crippen LogP contribution in [0, 0.1) is 0 Å². The molecule has 1 N–H and O–H groups in total. The minimum absolute atomic E-state index is 0.0905. The fraction of sp³-hybridized carbons (Fsp3) is 0.368. The predicted molar refractivity (Wildman–Crippen MR) is 92.4 cm³/mol. The van der Waals surface area contributed by atoms with E-state index in [4.69, 9.17) is 4.74 Å². The van der Waals surface area contributed by atoms with Crippen molar-refractivity contribution in [2.24, 2.45) is 0 Å². The van der Waals surface area contributed by atoms with E-state index in [1.165, 1.54) is 10.8 Å². The third-order valence-corrected chi connectivity index (χ3v) is 4.31. The lowest BCUT2D eigenvalue weighted by Gasteiger charge is -2.34. The molecule has 2 aromatic rings. The van der Waals surface area contributed by atoms with Crippen LogP contribution >= 0.6 is 0 Å². The highest BCUT2D eigenvalue weighted by Gasteiger charge is 2.32. The zero-order valence-electron chi connectivity index (χ0n) is 13.8. The topological polar surface area (TPSA) is 58.6 Å². The monoisotopic (exact) mass is 326 g/mol. The van der Waals surface area contributed by atoms with Gasteiger partial charge in [-0.05, 0) is 29.3 Å². The van der Waals surface area contributed by atoms with E-state index in [1.807, 2.05) is 12.1 Å². The number of esters is 1. The Kier molecular flexibility index (Phi) is 5.11. The number of amides is 1.